The zero-order chi connectivity index (χ0) is 17.1. The first-order chi connectivity index (χ1) is 11.5. The van der Waals surface area contributed by atoms with Crippen molar-refractivity contribution < 1.29 is 9.53 Å². The molecule has 122 valence electrons. The van der Waals surface area contributed by atoms with Gasteiger partial charge in [-0.2, -0.15) is 0 Å². The fraction of sp³-hybridized carbons (Fsp3) is 0.111. The molecule has 1 heterocycles. The third-order valence-corrected chi connectivity index (χ3v) is 5.20. The summed E-state index contributed by atoms with van der Waals surface area (Å²) >= 11 is 9.75. The van der Waals surface area contributed by atoms with Crippen LogP contribution in [0.25, 0.3) is 6.08 Å². The lowest BCUT2D eigenvalue weighted by Crippen LogP contribution is -2.17. The number of hydrogen-bond donors (Lipinski definition) is 1. The number of rotatable bonds is 4. The topological polar surface area (TPSA) is 38.3 Å². The number of benzene rings is 2. The maximum absolute atomic E-state index is 11.9. The summed E-state index contributed by atoms with van der Waals surface area (Å²) in [5.41, 5.74) is 3.15. The minimum Gasteiger partial charge on any atom is -0.488 e. The first kappa shape index (κ1) is 17.2. The molecule has 1 aliphatic heterocycles. The second-order valence-corrected chi connectivity index (χ2v) is 7.88. The number of amides is 1. The van der Waals surface area contributed by atoms with Crippen LogP contribution in [0.2, 0.25) is 0 Å². The molecule has 0 aromatic heterocycles. The third kappa shape index (κ3) is 4.06. The average molecular weight is 420 g/mol. The van der Waals surface area contributed by atoms with E-state index in [1.54, 1.807) is 6.08 Å². The molecular weight excluding hydrogens is 406 g/mol. The molecule has 0 saturated carbocycles. The maximum Gasteiger partial charge on any atom is 0.263 e. The fourth-order valence-electron chi connectivity index (χ4n) is 2.25. The summed E-state index contributed by atoms with van der Waals surface area (Å²) in [6.45, 7) is 2.53. The van der Waals surface area contributed by atoms with Gasteiger partial charge in [-0.3, -0.25) is 4.79 Å². The van der Waals surface area contributed by atoms with Crippen LogP contribution in [0.1, 0.15) is 16.7 Å². The Morgan fingerprint density at radius 3 is 2.79 bits per heavy atom. The molecular formula is C18H14BrNO2S2. The summed E-state index contributed by atoms with van der Waals surface area (Å²) < 4.78 is 7.39. The van der Waals surface area contributed by atoms with Gasteiger partial charge in [-0.25, -0.2) is 0 Å². The van der Waals surface area contributed by atoms with Crippen molar-refractivity contribution in [3.05, 3.63) is 68.5 Å². The molecule has 0 atom stereocenters. The molecule has 0 aliphatic carbocycles. The molecule has 6 heteroatoms. The molecule has 0 unspecified atom stereocenters. The van der Waals surface area contributed by atoms with Crippen molar-refractivity contribution in [2.45, 2.75) is 13.5 Å². The lowest BCUT2D eigenvalue weighted by Gasteiger charge is -2.11. The standard InChI is InChI=1S/C18H14BrNO2S2/c1-11-4-2-3-5-12(11)10-22-15-7-6-14(19)8-13(15)9-16-17(21)20-18(23)24-16/h2-9H,10H2,1H3,(H,20,21,23). The van der Waals surface area contributed by atoms with Gasteiger partial charge in [0, 0.05) is 10.0 Å². The zero-order valence-corrected chi connectivity index (χ0v) is 16.1. The highest BCUT2D eigenvalue weighted by Gasteiger charge is 2.22. The monoisotopic (exact) mass is 419 g/mol. The summed E-state index contributed by atoms with van der Waals surface area (Å²) in [6, 6.07) is 13.8. The third-order valence-electron chi connectivity index (χ3n) is 3.54. The minimum atomic E-state index is -0.171. The maximum atomic E-state index is 11.9. The summed E-state index contributed by atoms with van der Waals surface area (Å²) in [5, 5.41) is 2.62. The van der Waals surface area contributed by atoms with Crippen LogP contribution >= 0.6 is 39.9 Å². The van der Waals surface area contributed by atoms with E-state index < -0.39 is 0 Å². The number of nitrogens with one attached hydrogen (secondary N) is 1. The Kier molecular flexibility index (Phi) is 5.38. The Bertz CT molecular complexity index is 849. The molecule has 3 nitrogen and oxygen atoms in total. The number of aryl methyl sites for hydroxylation is 1. The van der Waals surface area contributed by atoms with Crippen molar-refractivity contribution in [1.29, 1.82) is 0 Å². The quantitative estimate of drug-likeness (QED) is 0.568. The Hall–Kier alpha value is -1.63. The summed E-state index contributed by atoms with van der Waals surface area (Å²) in [6.07, 6.45) is 1.80. The van der Waals surface area contributed by atoms with E-state index in [2.05, 4.69) is 34.2 Å². The van der Waals surface area contributed by atoms with Crippen LogP contribution in [0.4, 0.5) is 0 Å². The van der Waals surface area contributed by atoms with E-state index in [1.807, 2.05) is 36.4 Å². The number of carbonyl (C=O) groups is 1. The minimum absolute atomic E-state index is 0.171. The predicted molar refractivity (Wildman–Crippen MR) is 106 cm³/mol. The average Bonchev–Trinajstić information content (AvgIpc) is 2.85. The van der Waals surface area contributed by atoms with Crippen molar-refractivity contribution in [1.82, 2.24) is 5.32 Å². The number of halogens is 1. The van der Waals surface area contributed by atoms with E-state index >= 15 is 0 Å². The fourth-order valence-corrected chi connectivity index (χ4v) is 3.67. The normalized spacial score (nSPS) is 15.7. The number of ether oxygens (including phenoxy) is 1. The molecule has 1 fully saturated rings. The van der Waals surface area contributed by atoms with Crippen LogP contribution < -0.4 is 10.1 Å². The molecule has 0 radical (unpaired) electrons. The van der Waals surface area contributed by atoms with Gasteiger partial charge in [0.05, 0.1) is 4.91 Å². The van der Waals surface area contributed by atoms with E-state index in [0.29, 0.717) is 15.8 Å². The van der Waals surface area contributed by atoms with Gasteiger partial charge in [0.15, 0.2) is 0 Å². The molecule has 0 bridgehead atoms. The van der Waals surface area contributed by atoms with Crippen LogP contribution in [0.5, 0.6) is 5.75 Å². The molecule has 1 saturated heterocycles. The SMILES string of the molecule is Cc1ccccc1COc1ccc(Br)cc1C=C1SC(=S)NC1=O. The van der Waals surface area contributed by atoms with Crippen LogP contribution in [-0.4, -0.2) is 10.2 Å². The molecule has 24 heavy (non-hydrogen) atoms. The number of hydrogen-bond acceptors (Lipinski definition) is 4. The molecule has 3 rings (SSSR count). The first-order valence-electron chi connectivity index (χ1n) is 7.24. The van der Waals surface area contributed by atoms with Crippen molar-refractivity contribution in [2.24, 2.45) is 0 Å². The highest BCUT2D eigenvalue weighted by atomic mass is 79.9. The summed E-state index contributed by atoms with van der Waals surface area (Å²) in [4.78, 5) is 12.4. The second-order valence-electron chi connectivity index (χ2n) is 5.25. The smallest absolute Gasteiger partial charge is 0.263 e. The summed E-state index contributed by atoms with van der Waals surface area (Å²) in [7, 11) is 0. The molecule has 0 spiro atoms. The van der Waals surface area contributed by atoms with Crippen molar-refractivity contribution in [3.8, 4) is 5.75 Å². The predicted octanol–water partition coefficient (Wildman–Crippen LogP) is 4.83. The Morgan fingerprint density at radius 2 is 2.08 bits per heavy atom. The van der Waals surface area contributed by atoms with Gasteiger partial charge in [-0.1, -0.05) is 64.2 Å². The van der Waals surface area contributed by atoms with E-state index in [1.165, 1.54) is 17.3 Å². The number of carbonyl (C=O) groups excluding carboxylic acids is 1. The Morgan fingerprint density at radius 1 is 1.29 bits per heavy atom. The van der Waals surface area contributed by atoms with E-state index in [-0.39, 0.29) is 5.91 Å². The van der Waals surface area contributed by atoms with Gasteiger partial charge in [-0.05, 0) is 42.3 Å². The highest BCUT2D eigenvalue weighted by molar-refractivity contribution is 9.10. The van der Waals surface area contributed by atoms with Gasteiger partial charge in [0.25, 0.3) is 5.91 Å². The molecule has 2 aromatic carbocycles. The second kappa shape index (κ2) is 7.51. The van der Waals surface area contributed by atoms with Crippen LogP contribution in [0, 0.1) is 6.92 Å². The van der Waals surface area contributed by atoms with Crippen LogP contribution in [0.3, 0.4) is 0 Å². The lowest BCUT2D eigenvalue weighted by atomic mass is 10.1. The Labute approximate surface area is 158 Å². The first-order valence-corrected chi connectivity index (χ1v) is 9.26. The number of thioether (sulfide) groups is 1. The van der Waals surface area contributed by atoms with Gasteiger partial charge in [0.1, 0.15) is 16.7 Å². The van der Waals surface area contributed by atoms with E-state index in [4.69, 9.17) is 17.0 Å². The van der Waals surface area contributed by atoms with Crippen LogP contribution in [-0.2, 0) is 11.4 Å². The van der Waals surface area contributed by atoms with Gasteiger partial charge >= 0.3 is 0 Å². The lowest BCUT2D eigenvalue weighted by molar-refractivity contribution is -0.115. The highest BCUT2D eigenvalue weighted by Crippen LogP contribution is 2.31. The van der Waals surface area contributed by atoms with Crippen molar-refractivity contribution in [3.63, 3.8) is 0 Å². The van der Waals surface area contributed by atoms with Crippen molar-refractivity contribution >= 4 is 56.2 Å². The largest absolute Gasteiger partial charge is 0.488 e. The van der Waals surface area contributed by atoms with E-state index in [9.17, 15) is 4.79 Å². The summed E-state index contributed by atoms with van der Waals surface area (Å²) in [5.74, 6) is 0.551. The molecule has 1 N–H and O–H groups in total. The van der Waals surface area contributed by atoms with Crippen molar-refractivity contribution in [2.75, 3.05) is 0 Å². The van der Waals surface area contributed by atoms with Gasteiger partial charge < -0.3 is 10.1 Å². The Balaban J connectivity index is 1.86. The number of thiocarbonyl (C=S) groups is 1. The van der Waals surface area contributed by atoms with Gasteiger partial charge in [-0.15, -0.1) is 0 Å². The van der Waals surface area contributed by atoms with Gasteiger partial charge in [0.2, 0.25) is 0 Å². The molecule has 2 aromatic rings. The van der Waals surface area contributed by atoms with E-state index in [0.717, 1.165) is 21.3 Å². The molecule has 1 aliphatic rings. The van der Waals surface area contributed by atoms with Crippen LogP contribution in [0.15, 0.2) is 51.8 Å². The molecule has 1 amide bonds. The zero-order valence-electron chi connectivity index (χ0n) is 12.8.